The van der Waals surface area contributed by atoms with Gasteiger partial charge in [-0.15, -0.1) is 0 Å². The van der Waals surface area contributed by atoms with Crippen LogP contribution in [0.4, 0.5) is 0 Å². The molecule has 0 amide bonds. The average Bonchev–Trinajstić information content (AvgIpc) is 3.37. The van der Waals surface area contributed by atoms with Crippen LogP contribution in [0.3, 0.4) is 0 Å². The van der Waals surface area contributed by atoms with E-state index in [2.05, 4.69) is 38.1 Å². The van der Waals surface area contributed by atoms with E-state index in [0.717, 1.165) is 0 Å². The number of hydrogen-bond acceptors (Lipinski definition) is 0. The van der Waals surface area contributed by atoms with E-state index in [-0.39, 0.29) is 30.2 Å². The third-order valence-electron chi connectivity index (χ3n) is 5.75. The fourth-order valence-electron chi connectivity index (χ4n) is 4.10. The van der Waals surface area contributed by atoms with E-state index >= 15 is 0 Å². The molecule has 2 aromatic carbocycles. The normalized spacial score (nSPS) is 17.0. The Balaban J connectivity index is 0.000000437. The van der Waals surface area contributed by atoms with Crippen LogP contribution in [0.2, 0.25) is 11.1 Å². The molecule has 0 heterocycles. The van der Waals surface area contributed by atoms with Crippen molar-refractivity contribution in [3.8, 4) is 0 Å². The molecule has 4 rings (SSSR count). The number of rotatable bonds is 2. The van der Waals surface area contributed by atoms with E-state index in [1.165, 1.54) is 35.1 Å². The van der Waals surface area contributed by atoms with E-state index in [1.54, 1.807) is 51.4 Å². The molecule has 0 radical (unpaired) electrons. The van der Waals surface area contributed by atoms with Gasteiger partial charge in [0, 0.05) is 0 Å². The third-order valence-corrected chi connectivity index (χ3v) is 14.7. The zero-order valence-electron chi connectivity index (χ0n) is 17.6. The molecule has 2 fully saturated rings. The fraction of sp³-hybridized carbons (Fsp3) is 0.583. The second-order valence-corrected chi connectivity index (χ2v) is 14.9. The van der Waals surface area contributed by atoms with Crippen molar-refractivity contribution in [1.82, 2.24) is 0 Å². The number of hydrogen-bond donors (Lipinski definition) is 0. The van der Waals surface area contributed by atoms with Crippen molar-refractivity contribution in [3.05, 3.63) is 59.7 Å². The number of aryl methyl sites for hydroxylation is 2. The van der Waals surface area contributed by atoms with Crippen molar-refractivity contribution in [1.29, 1.82) is 0 Å². The first-order chi connectivity index (χ1) is 12.7. The molecule has 2 aliphatic carbocycles. The first-order valence-corrected chi connectivity index (χ1v) is 16.0. The summed E-state index contributed by atoms with van der Waals surface area (Å²) < 4.78 is 0. The van der Waals surface area contributed by atoms with Gasteiger partial charge < -0.3 is 24.8 Å². The van der Waals surface area contributed by atoms with Crippen LogP contribution < -0.4 is 24.8 Å². The zero-order chi connectivity index (χ0) is 18.6. The minimum atomic E-state index is 0. The van der Waals surface area contributed by atoms with Crippen LogP contribution in [0.25, 0.3) is 0 Å². The summed E-state index contributed by atoms with van der Waals surface area (Å²) in [7, 11) is 0. The molecule has 0 aliphatic heterocycles. The molecule has 0 atom stereocenters. The van der Waals surface area contributed by atoms with Gasteiger partial charge in [0.2, 0.25) is 0 Å². The van der Waals surface area contributed by atoms with Gasteiger partial charge in [-0.2, -0.15) is 35.4 Å². The van der Waals surface area contributed by atoms with Gasteiger partial charge in [0.1, 0.15) is 0 Å². The van der Waals surface area contributed by atoms with Crippen molar-refractivity contribution in [2.75, 3.05) is 0 Å². The summed E-state index contributed by atoms with van der Waals surface area (Å²) in [4.78, 5) is 0. The van der Waals surface area contributed by atoms with Gasteiger partial charge in [0.25, 0.3) is 0 Å². The molecule has 0 N–H and O–H groups in total. The van der Waals surface area contributed by atoms with Crippen LogP contribution in [-0.4, -0.2) is 5.43 Å². The van der Waals surface area contributed by atoms with Gasteiger partial charge in [-0.25, -0.2) is 24.3 Å². The van der Waals surface area contributed by atoms with Gasteiger partial charge in [0.15, 0.2) is 0 Å². The first-order valence-electron chi connectivity index (χ1n) is 10.6. The Labute approximate surface area is 201 Å². The second-order valence-electron chi connectivity index (χ2n) is 8.05. The Bertz CT molecular complexity index is 528. The Kier molecular flexibility index (Phi) is 17.3. The van der Waals surface area contributed by atoms with E-state index in [9.17, 15) is 0 Å². The van der Waals surface area contributed by atoms with Gasteiger partial charge in [-0.3, -0.25) is 0 Å². The molecule has 0 nitrogen and oxygen atoms in total. The van der Waals surface area contributed by atoms with E-state index in [4.69, 9.17) is 0 Å². The topological polar surface area (TPSA) is 0 Å². The predicted octanol–water partition coefficient (Wildman–Crippen LogP) is 1.63. The molecule has 2 saturated carbocycles. The summed E-state index contributed by atoms with van der Waals surface area (Å²) in [5.41, 5.74) is 5.25. The van der Waals surface area contributed by atoms with Crippen LogP contribution in [0.15, 0.2) is 48.5 Å². The van der Waals surface area contributed by atoms with Crippen LogP contribution in [0.5, 0.6) is 0 Å². The van der Waals surface area contributed by atoms with Crippen LogP contribution >= 0.6 is 0 Å². The molecule has 2 aromatic rings. The van der Waals surface area contributed by atoms with E-state index in [0.29, 0.717) is 0 Å². The molecule has 2 aliphatic rings. The van der Waals surface area contributed by atoms with Crippen molar-refractivity contribution >= 4 is 5.43 Å². The molecular formula is C24H36Cl2SiZr-2. The Morgan fingerprint density at radius 3 is 1.11 bits per heavy atom. The summed E-state index contributed by atoms with van der Waals surface area (Å²) in [5.74, 6) is 0. The zero-order valence-corrected chi connectivity index (χ0v) is 22.6. The third kappa shape index (κ3) is 11.5. The molecule has 0 aromatic heterocycles. The molecule has 0 saturated heterocycles. The maximum absolute atomic E-state index is 2.08. The van der Waals surface area contributed by atoms with Crippen molar-refractivity contribution in [2.45, 2.75) is 89.1 Å². The predicted molar refractivity (Wildman–Crippen MR) is 113 cm³/mol. The molecule has 156 valence electrons. The van der Waals surface area contributed by atoms with Gasteiger partial charge in [-0.05, 0) is 0 Å². The summed E-state index contributed by atoms with van der Waals surface area (Å²) in [5, 5.41) is 0. The van der Waals surface area contributed by atoms with Gasteiger partial charge in [0.05, 0.1) is 0 Å². The molecule has 0 unspecified atom stereocenters. The fourth-order valence-corrected chi connectivity index (χ4v) is 11.1. The van der Waals surface area contributed by atoms with E-state index < -0.39 is 0 Å². The summed E-state index contributed by atoms with van der Waals surface area (Å²) in [6.07, 6.45) is 15.7. The molecule has 0 spiro atoms. The van der Waals surface area contributed by atoms with Crippen LogP contribution in [-0.2, 0) is 23.3 Å². The van der Waals surface area contributed by atoms with Crippen LogP contribution in [0, 0.1) is 13.8 Å². The van der Waals surface area contributed by atoms with Crippen LogP contribution in [0.1, 0.15) is 75.3 Å². The summed E-state index contributed by atoms with van der Waals surface area (Å²) >= 11 is 1.95. The van der Waals surface area contributed by atoms with Gasteiger partial charge >= 0.3 is 104 Å². The van der Waals surface area contributed by atoms with Crippen molar-refractivity contribution < 1.29 is 48.1 Å². The Morgan fingerprint density at radius 1 is 0.607 bits per heavy atom. The molecule has 28 heavy (non-hydrogen) atoms. The first kappa shape index (κ1) is 28.4. The molecule has 0 bridgehead atoms. The van der Waals surface area contributed by atoms with Crippen molar-refractivity contribution in [2.24, 2.45) is 0 Å². The molecular weight excluding hydrogens is 478 g/mol. The summed E-state index contributed by atoms with van der Waals surface area (Å²) in [6.45, 7) is 4.17. The Morgan fingerprint density at radius 2 is 0.893 bits per heavy atom. The number of halogens is 2. The van der Waals surface area contributed by atoms with E-state index in [1.807, 2.05) is 47.6 Å². The standard InChI is InChI=1S/C12H22Si.2C6H7.2ClH.Zr/c1-3-7-11(8-4-1)13-12-9-5-2-6-10-12;2*1-6-4-2-3-5-6;;;/h11-12H,1-10H2;2*2-5H,1H3;2*1H;/q;2*-1;;;+2/p-2. The SMILES string of the molecule is C[c-]1cccc1.C[c-]1cccc1.[Cl-].[Cl-].[Zr+2]=[Si](C1CCCCC1)C1CCCCC1. The quantitative estimate of drug-likeness (QED) is 0.422. The monoisotopic (exact) mass is 512 g/mol. The molecule has 4 heteroatoms. The summed E-state index contributed by atoms with van der Waals surface area (Å²) in [6, 6.07) is 16.5. The maximum atomic E-state index is 2.08. The minimum absolute atomic E-state index is 0. The second kappa shape index (κ2) is 17.1. The van der Waals surface area contributed by atoms with Crippen molar-refractivity contribution in [3.63, 3.8) is 0 Å². The Hall–Kier alpha value is 0.380. The van der Waals surface area contributed by atoms with Gasteiger partial charge in [-0.1, -0.05) is 13.8 Å². The average molecular weight is 515 g/mol.